The van der Waals surface area contributed by atoms with E-state index >= 15 is 0 Å². The van der Waals surface area contributed by atoms with Gasteiger partial charge in [-0.3, -0.25) is 0 Å². The second kappa shape index (κ2) is 5.47. The predicted octanol–water partition coefficient (Wildman–Crippen LogP) is 2.51. The Kier molecular flexibility index (Phi) is 4.23. The van der Waals surface area contributed by atoms with Crippen molar-refractivity contribution in [3.05, 3.63) is 18.2 Å². The highest BCUT2D eigenvalue weighted by molar-refractivity contribution is 5.41. The number of hydrogen-bond acceptors (Lipinski definition) is 3. The van der Waals surface area contributed by atoms with Gasteiger partial charge in [-0.25, -0.2) is 4.98 Å². The number of nitrogens with two attached hydrogens (primary N) is 1. The summed E-state index contributed by atoms with van der Waals surface area (Å²) in [6, 6.07) is 5.64. The molecule has 0 bridgehead atoms. The molecule has 0 spiro atoms. The van der Waals surface area contributed by atoms with Crippen LogP contribution in [0.5, 0.6) is 0 Å². The van der Waals surface area contributed by atoms with E-state index in [9.17, 15) is 0 Å². The zero-order chi connectivity index (χ0) is 10.4. The number of pyridine rings is 1. The van der Waals surface area contributed by atoms with Gasteiger partial charge >= 0.3 is 0 Å². The minimum atomic E-state index is 0.568. The molecule has 0 atom stereocenters. The molecule has 0 saturated heterocycles. The van der Waals surface area contributed by atoms with E-state index in [1.807, 2.05) is 12.1 Å². The molecule has 3 heteroatoms. The number of rotatable bonds is 5. The molecule has 3 N–H and O–H groups in total. The second-order valence-corrected chi connectivity index (χ2v) is 3.91. The zero-order valence-electron chi connectivity index (χ0n) is 8.96. The summed E-state index contributed by atoms with van der Waals surface area (Å²) in [5.41, 5.74) is 5.56. The minimum Gasteiger partial charge on any atom is -0.384 e. The number of anilines is 2. The van der Waals surface area contributed by atoms with E-state index in [0.29, 0.717) is 5.82 Å². The van der Waals surface area contributed by atoms with E-state index in [1.165, 1.54) is 12.8 Å². The molecule has 0 amide bonds. The van der Waals surface area contributed by atoms with Crippen molar-refractivity contribution in [1.82, 2.24) is 4.98 Å². The maximum Gasteiger partial charge on any atom is 0.128 e. The quantitative estimate of drug-likeness (QED) is 0.706. The van der Waals surface area contributed by atoms with Gasteiger partial charge in [-0.05, 0) is 30.9 Å². The van der Waals surface area contributed by atoms with Gasteiger partial charge in [0, 0.05) is 6.54 Å². The molecule has 0 saturated carbocycles. The van der Waals surface area contributed by atoms with Gasteiger partial charge in [0.25, 0.3) is 0 Å². The molecule has 1 aromatic heterocycles. The monoisotopic (exact) mass is 193 g/mol. The molecule has 0 aromatic carbocycles. The fourth-order valence-electron chi connectivity index (χ4n) is 1.28. The van der Waals surface area contributed by atoms with Gasteiger partial charge in [-0.2, -0.15) is 0 Å². The minimum absolute atomic E-state index is 0.568. The molecule has 1 heterocycles. The van der Waals surface area contributed by atoms with Crippen LogP contribution in [-0.2, 0) is 0 Å². The Morgan fingerprint density at radius 2 is 2.21 bits per heavy atom. The van der Waals surface area contributed by atoms with Gasteiger partial charge < -0.3 is 11.1 Å². The number of nitrogens with one attached hydrogen (secondary N) is 1. The Bertz CT molecular complexity index is 271. The third-order valence-electron chi connectivity index (χ3n) is 2.04. The molecule has 1 rings (SSSR count). The summed E-state index contributed by atoms with van der Waals surface area (Å²) in [6.07, 6.45) is 2.42. The highest BCUT2D eigenvalue weighted by Crippen LogP contribution is 2.07. The first kappa shape index (κ1) is 10.8. The third-order valence-corrected chi connectivity index (χ3v) is 2.04. The van der Waals surface area contributed by atoms with Crippen molar-refractivity contribution in [1.29, 1.82) is 0 Å². The van der Waals surface area contributed by atoms with Gasteiger partial charge in [0.2, 0.25) is 0 Å². The summed E-state index contributed by atoms with van der Waals surface area (Å²) in [5.74, 6) is 2.21. The maximum atomic E-state index is 5.56. The Balaban J connectivity index is 2.25. The van der Waals surface area contributed by atoms with Gasteiger partial charge in [-0.15, -0.1) is 0 Å². The number of aromatic nitrogens is 1. The summed E-state index contributed by atoms with van der Waals surface area (Å²) in [5, 5.41) is 3.25. The lowest BCUT2D eigenvalue weighted by atomic mass is 10.1. The average molecular weight is 193 g/mol. The van der Waals surface area contributed by atoms with E-state index in [0.717, 1.165) is 18.3 Å². The molecule has 0 aliphatic carbocycles. The van der Waals surface area contributed by atoms with Crippen LogP contribution in [0.4, 0.5) is 11.6 Å². The molecule has 78 valence electrons. The summed E-state index contributed by atoms with van der Waals surface area (Å²) in [7, 11) is 0. The van der Waals surface area contributed by atoms with Crippen LogP contribution in [0.1, 0.15) is 26.7 Å². The van der Waals surface area contributed by atoms with Crippen molar-refractivity contribution in [3.63, 3.8) is 0 Å². The molecule has 3 nitrogen and oxygen atoms in total. The molecule has 0 aliphatic heterocycles. The first-order chi connectivity index (χ1) is 6.68. The van der Waals surface area contributed by atoms with E-state index in [1.54, 1.807) is 6.07 Å². The molecular weight excluding hydrogens is 174 g/mol. The molecule has 0 aliphatic rings. The zero-order valence-corrected chi connectivity index (χ0v) is 8.96. The Morgan fingerprint density at radius 3 is 2.86 bits per heavy atom. The van der Waals surface area contributed by atoms with Gasteiger partial charge in [0.05, 0.1) is 0 Å². The summed E-state index contributed by atoms with van der Waals surface area (Å²) in [4.78, 5) is 4.16. The fraction of sp³-hybridized carbons (Fsp3) is 0.545. The second-order valence-electron chi connectivity index (χ2n) is 3.91. The molecule has 0 fully saturated rings. The maximum absolute atomic E-state index is 5.56. The normalized spacial score (nSPS) is 10.5. The van der Waals surface area contributed by atoms with Crippen LogP contribution in [0.3, 0.4) is 0 Å². The molecule has 14 heavy (non-hydrogen) atoms. The first-order valence-corrected chi connectivity index (χ1v) is 5.15. The van der Waals surface area contributed by atoms with Crippen LogP contribution in [0.25, 0.3) is 0 Å². The highest BCUT2D eigenvalue weighted by atomic mass is 15.0. The Hall–Kier alpha value is -1.25. The molecule has 0 radical (unpaired) electrons. The van der Waals surface area contributed by atoms with E-state index < -0.39 is 0 Å². The van der Waals surface area contributed by atoms with Gasteiger partial charge in [0.1, 0.15) is 11.6 Å². The number of nitrogen functional groups attached to an aromatic ring is 1. The molecular formula is C11H19N3. The Labute approximate surface area is 85.7 Å². The van der Waals surface area contributed by atoms with E-state index in [2.05, 4.69) is 24.1 Å². The van der Waals surface area contributed by atoms with Crippen molar-refractivity contribution >= 4 is 11.6 Å². The van der Waals surface area contributed by atoms with Crippen molar-refractivity contribution in [2.24, 2.45) is 5.92 Å². The lowest BCUT2D eigenvalue weighted by Gasteiger charge is -2.07. The van der Waals surface area contributed by atoms with Crippen molar-refractivity contribution in [2.45, 2.75) is 26.7 Å². The molecule has 1 aromatic rings. The largest absolute Gasteiger partial charge is 0.384 e. The number of hydrogen-bond donors (Lipinski definition) is 2. The van der Waals surface area contributed by atoms with Crippen molar-refractivity contribution in [3.8, 4) is 0 Å². The molecule has 0 unspecified atom stereocenters. The van der Waals surface area contributed by atoms with E-state index in [4.69, 9.17) is 5.73 Å². The lowest BCUT2D eigenvalue weighted by Crippen LogP contribution is -2.05. The standard InChI is InChI=1S/C11H19N3/c1-9(2)5-4-8-13-11-7-3-6-10(12)14-11/h3,6-7,9H,4-5,8H2,1-2H3,(H3,12,13,14). The van der Waals surface area contributed by atoms with Gasteiger partial charge in [-0.1, -0.05) is 19.9 Å². The fourth-order valence-corrected chi connectivity index (χ4v) is 1.28. The lowest BCUT2D eigenvalue weighted by molar-refractivity contribution is 0.567. The van der Waals surface area contributed by atoms with Crippen LogP contribution >= 0.6 is 0 Å². The topological polar surface area (TPSA) is 50.9 Å². The van der Waals surface area contributed by atoms with Crippen LogP contribution in [-0.4, -0.2) is 11.5 Å². The summed E-state index contributed by atoms with van der Waals surface area (Å²) >= 11 is 0. The Morgan fingerprint density at radius 1 is 1.43 bits per heavy atom. The summed E-state index contributed by atoms with van der Waals surface area (Å²) < 4.78 is 0. The van der Waals surface area contributed by atoms with Gasteiger partial charge in [0.15, 0.2) is 0 Å². The first-order valence-electron chi connectivity index (χ1n) is 5.15. The van der Waals surface area contributed by atoms with Crippen LogP contribution in [0.2, 0.25) is 0 Å². The van der Waals surface area contributed by atoms with Crippen LogP contribution in [0.15, 0.2) is 18.2 Å². The van der Waals surface area contributed by atoms with Crippen LogP contribution in [0, 0.1) is 5.92 Å². The number of nitrogens with zero attached hydrogens (tertiary/aromatic N) is 1. The smallest absolute Gasteiger partial charge is 0.128 e. The average Bonchev–Trinajstić information content (AvgIpc) is 2.12. The highest BCUT2D eigenvalue weighted by Gasteiger charge is 1.95. The summed E-state index contributed by atoms with van der Waals surface area (Å²) in [6.45, 7) is 5.44. The SMILES string of the molecule is CC(C)CCCNc1cccc(N)n1. The third kappa shape index (κ3) is 4.12. The van der Waals surface area contributed by atoms with Crippen molar-refractivity contribution in [2.75, 3.05) is 17.6 Å². The predicted molar refractivity (Wildman–Crippen MR) is 61.2 cm³/mol. The van der Waals surface area contributed by atoms with Crippen LogP contribution < -0.4 is 11.1 Å². The van der Waals surface area contributed by atoms with Crippen molar-refractivity contribution < 1.29 is 0 Å². The van der Waals surface area contributed by atoms with E-state index in [-0.39, 0.29) is 0 Å².